The predicted molar refractivity (Wildman–Crippen MR) is 93.7 cm³/mol. The molecule has 0 radical (unpaired) electrons. The Kier molecular flexibility index (Phi) is 4.43. The normalized spacial score (nSPS) is 13.5. The largest absolute Gasteiger partial charge is 0.494 e. The molecular formula is C17H21N5O3. The minimum absolute atomic E-state index is 0.0224. The minimum atomic E-state index is -1.08. The summed E-state index contributed by atoms with van der Waals surface area (Å²) in [5, 5.41) is 21.6. The fourth-order valence-electron chi connectivity index (χ4n) is 3.17. The maximum atomic E-state index is 11.3. The van der Waals surface area contributed by atoms with Crippen LogP contribution in [0.1, 0.15) is 28.4 Å². The van der Waals surface area contributed by atoms with Gasteiger partial charge in [-0.15, -0.1) is 10.2 Å². The minimum Gasteiger partial charge on any atom is -0.494 e. The van der Waals surface area contributed by atoms with Gasteiger partial charge in [-0.05, 0) is 31.4 Å². The SMILES string of the molecule is CCN1CCc2c(C)c(N=Nc3nn(C)cc3C(=O)O)cc(OC)c21. The number of benzene rings is 1. The average Bonchev–Trinajstić information content (AvgIpc) is 3.18. The first-order valence-corrected chi connectivity index (χ1v) is 8.10. The molecule has 132 valence electrons. The highest BCUT2D eigenvalue weighted by Gasteiger charge is 2.26. The zero-order chi connectivity index (χ0) is 18.1. The molecular weight excluding hydrogens is 322 g/mol. The molecule has 0 amide bonds. The van der Waals surface area contributed by atoms with Gasteiger partial charge in [0.1, 0.15) is 11.3 Å². The molecule has 1 aliphatic heterocycles. The van der Waals surface area contributed by atoms with Gasteiger partial charge >= 0.3 is 5.97 Å². The number of carbonyl (C=O) groups is 1. The van der Waals surface area contributed by atoms with Crippen molar-refractivity contribution in [3.63, 3.8) is 0 Å². The van der Waals surface area contributed by atoms with Crippen molar-refractivity contribution < 1.29 is 14.6 Å². The van der Waals surface area contributed by atoms with Crippen molar-refractivity contribution in [1.29, 1.82) is 0 Å². The number of azo groups is 1. The van der Waals surface area contributed by atoms with Crippen molar-refractivity contribution in [1.82, 2.24) is 9.78 Å². The molecule has 1 N–H and O–H groups in total. The smallest absolute Gasteiger partial charge is 0.341 e. The molecule has 0 fully saturated rings. The van der Waals surface area contributed by atoms with Crippen LogP contribution in [-0.4, -0.2) is 41.1 Å². The van der Waals surface area contributed by atoms with E-state index in [4.69, 9.17) is 4.74 Å². The molecule has 0 unspecified atom stereocenters. The topological polar surface area (TPSA) is 92.3 Å². The van der Waals surface area contributed by atoms with Crippen LogP contribution in [-0.2, 0) is 13.5 Å². The number of hydrogen-bond acceptors (Lipinski definition) is 6. The second-order valence-electron chi connectivity index (χ2n) is 5.92. The fourth-order valence-corrected chi connectivity index (χ4v) is 3.17. The summed E-state index contributed by atoms with van der Waals surface area (Å²) < 4.78 is 6.96. The van der Waals surface area contributed by atoms with Crippen LogP contribution >= 0.6 is 0 Å². The quantitative estimate of drug-likeness (QED) is 0.841. The van der Waals surface area contributed by atoms with E-state index in [9.17, 15) is 9.90 Å². The molecule has 2 heterocycles. The van der Waals surface area contributed by atoms with E-state index in [2.05, 4.69) is 27.2 Å². The second-order valence-corrected chi connectivity index (χ2v) is 5.92. The molecule has 0 aliphatic carbocycles. The first-order chi connectivity index (χ1) is 12.0. The van der Waals surface area contributed by atoms with Crippen molar-refractivity contribution in [2.75, 3.05) is 25.1 Å². The van der Waals surface area contributed by atoms with Crippen molar-refractivity contribution in [2.24, 2.45) is 17.3 Å². The summed E-state index contributed by atoms with van der Waals surface area (Å²) in [5.41, 5.74) is 4.04. The lowest BCUT2D eigenvalue weighted by atomic mass is 10.0. The van der Waals surface area contributed by atoms with E-state index in [1.165, 1.54) is 16.4 Å². The van der Waals surface area contributed by atoms with Crippen LogP contribution in [0.2, 0.25) is 0 Å². The van der Waals surface area contributed by atoms with E-state index >= 15 is 0 Å². The zero-order valence-electron chi connectivity index (χ0n) is 14.8. The maximum absolute atomic E-state index is 11.3. The Morgan fingerprint density at radius 2 is 2.20 bits per heavy atom. The molecule has 0 spiro atoms. The number of carboxylic acids is 1. The third kappa shape index (κ3) is 2.95. The molecule has 1 aromatic carbocycles. The number of hydrogen-bond donors (Lipinski definition) is 1. The van der Waals surface area contributed by atoms with Crippen LogP contribution in [0.5, 0.6) is 5.75 Å². The maximum Gasteiger partial charge on any atom is 0.341 e. The summed E-state index contributed by atoms with van der Waals surface area (Å²) in [6, 6.07) is 1.84. The van der Waals surface area contributed by atoms with Crippen LogP contribution in [0.4, 0.5) is 17.2 Å². The Balaban J connectivity index is 2.03. The van der Waals surface area contributed by atoms with Crippen LogP contribution in [0.3, 0.4) is 0 Å². The van der Waals surface area contributed by atoms with Gasteiger partial charge in [0.05, 0.1) is 18.5 Å². The van der Waals surface area contributed by atoms with Crippen molar-refractivity contribution >= 4 is 23.2 Å². The third-order valence-corrected chi connectivity index (χ3v) is 4.47. The highest BCUT2D eigenvalue weighted by molar-refractivity contribution is 5.92. The Labute approximate surface area is 145 Å². The molecule has 0 bridgehead atoms. The van der Waals surface area contributed by atoms with Crippen LogP contribution in [0.25, 0.3) is 0 Å². The molecule has 1 aromatic heterocycles. The van der Waals surface area contributed by atoms with Gasteiger partial charge in [0, 0.05) is 32.4 Å². The highest BCUT2D eigenvalue weighted by atomic mass is 16.5. The lowest BCUT2D eigenvalue weighted by molar-refractivity contribution is 0.0697. The van der Waals surface area contributed by atoms with Gasteiger partial charge in [-0.3, -0.25) is 4.68 Å². The third-order valence-electron chi connectivity index (χ3n) is 4.47. The highest BCUT2D eigenvalue weighted by Crippen LogP contribution is 2.43. The second kappa shape index (κ2) is 6.54. The summed E-state index contributed by atoms with van der Waals surface area (Å²) in [7, 11) is 3.29. The Hall–Kier alpha value is -2.90. The molecule has 0 saturated carbocycles. The zero-order valence-corrected chi connectivity index (χ0v) is 14.8. The number of rotatable bonds is 5. The molecule has 25 heavy (non-hydrogen) atoms. The lowest BCUT2D eigenvalue weighted by Gasteiger charge is -2.20. The van der Waals surface area contributed by atoms with Gasteiger partial charge in [0.25, 0.3) is 0 Å². The number of nitrogens with zero attached hydrogens (tertiary/aromatic N) is 5. The van der Waals surface area contributed by atoms with E-state index in [-0.39, 0.29) is 11.4 Å². The van der Waals surface area contributed by atoms with Crippen LogP contribution in [0.15, 0.2) is 22.5 Å². The first-order valence-electron chi connectivity index (χ1n) is 8.10. The Bertz CT molecular complexity index is 856. The number of anilines is 1. The standard InChI is InChI=1S/C17H21N5O3/c1-5-22-7-6-11-10(2)13(8-14(25-4)15(11)22)18-19-16-12(17(23)24)9-21(3)20-16/h8-9H,5-7H2,1-4H3,(H,23,24). The monoisotopic (exact) mass is 343 g/mol. The van der Waals surface area contributed by atoms with Gasteiger partial charge in [-0.2, -0.15) is 5.10 Å². The van der Waals surface area contributed by atoms with Gasteiger partial charge in [-0.25, -0.2) is 4.79 Å². The number of methoxy groups -OCH3 is 1. The summed E-state index contributed by atoms with van der Waals surface area (Å²) in [6.45, 7) is 5.99. The van der Waals surface area contributed by atoms with E-state index < -0.39 is 5.97 Å². The number of aryl methyl sites for hydroxylation is 1. The molecule has 2 aromatic rings. The van der Waals surface area contributed by atoms with Crippen LogP contribution < -0.4 is 9.64 Å². The Morgan fingerprint density at radius 3 is 2.84 bits per heavy atom. The summed E-state index contributed by atoms with van der Waals surface area (Å²) in [5.74, 6) is -0.235. The van der Waals surface area contributed by atoms with E-state index in [1.54, 1.807) is 14.2 Å². The summed E-state index contributed by atoms with van der Waals surface area (Å²) in [6.07, 6.45) is 2.34. The van der Waals surface area contributed by atoms with Crippen molar-refractivity contribution in [3.8, 4) is 5.75 Å². The number of carboxylic acid groups (broad SMARTS) is 1. The summed E-state index contributed by atoms with van der Waals surface area (Å²) in [4.78, 5) is 13.5. The van der Waals surface area contributed by atoms with E-state index in [0.717, 1.165) is 36.5 Å². The number of aromatic carboxylic acids is 1. The van der Waals surface area contributed by atoms with Crippen LogP contribution in [0, 0.1) is 6.92 Å². The summed E-state index contributed by atoms with van der Waals surface area (Å²) >= 11 is 0. The average molecular weight is 343 g/mol. The number of ether oxygens (including phenoxy) is 1. The molecule has 1 aliphatic rings. The fraction of sp³-hybridized carbons (Fsp3) is 0.412. The number of likely N-dealkylation sites (N-methyl/N-ethyl adjacent to an activating group) is 1. The lowest BCUT2D eigenvalue weighted by Crippen LogP contribution is -2.19. The number of fused-ring (bicyclic) bond motifs is 1. The van der Waals surface area contributed by atoms with Gasteiger partial charge < -0.3 is 14.7 Å². The van der Waals surface area contributed by atoms with Crippen molar-refractivity contribution in [3.05, 3.63) is 29.0 Å². The molecule has 0 saturated heterocycles. The molecule has 8 nitrogen and oxygen atoms in total. The Morgan fingerprint density at radius 1 is 1.44 bits per heavy atom. The van der Waals surface area contributed by atoms with Gasteiger partial charge in [0.2, 0.25) is 5.82 Å². The van der Waals surface area contributed by atoms with Gasteiger partial charge in [0.15, 0.2) is 0 Å². The van der Waals surface area contributed by atoms with Gasteiger partial charge in [-0.1, -0.05) is 0 Å². The first kappa shape index (κ1) is 16.9. The predicted octanol–water partition coefficient (Wildman–Crippen LogP) is 3.23. The number of aromatic nitrogens is 2. The van der Waals surface area contributed by atoms with E-state index in [0.29, 0.717) is 5.69 Å². The molecule has 0 atom stereocenters. The van der Waals surface area contributed by atoms with Crippen molar-refractivity contribution in [2.45, 2.75) is 20.3 Å². The molecule has 8 heteroatoms. The molecule has 3 rings (SSSR count). The van der Waals surface area contributed by atoms with E-state index in [1.807, 2.05) is 13.0 Å².